The third kappa shape index (κ3) is 7.73. The number of carbonyl (C=O) groups is 2. The molecule has 3 rings (SSSR count). The number of hydrogen-bond donors (Lipinski definition) is 0. The predicted octanol–water partition coefficient (Wildman–Crippen LogP) is 5.48. The van der Waals surface area contributed by atoms with Crippen LogP contribution in [0.1, 0.15) is 32.7 Å². The molecule has 0 aliphatic heterocycles. The molecule has 0 N–H and O–H groups in total. The standard InChI is InChI=1S/C26H25BrO6/c1-30-15-16-31-24-13-12-21(18-23(24)27)26(29)33-22-11-5-10-20(17-22)25(28)32-14-6-9-19-7-3-2-4-8-19/h2-5,7-8,10-13,17-18H,6,9,14-16H2,1H3. The smallest absolute Gasteiger partial charge is 0.343 e. The summed E-state index contributed by atoms with van der Waals surface area (Å²) in [5.41, 5.74) is 1.86. The summed E-state index contributed by atoms with van der Waals surface area (Å²) < 4.78 is 21.9. The molecule has 0 fully saturated rings. The molecule has 0 amide bonds. The number of benzene rings is 3. The van der Waals surface area contributed by atoms with E-state index in [4.69, 9.17) is 18.9 Å². The van der Waals surface area contributed by atoms with Crippen molar-refractivity contribution < 1.29 is 28.5 Å². The molecule has 0 spiro atoms. The summed E-state index contributed by atoms with van der Waals surface area (Å²) in [6, 6.07) is 21.3. The SMILES string of the molecule is COCCOc1ccc(C(=O)Oc2cccc(C(=O)OCCCc3ccccc3)c2)cc1Br. The third-order valence-corrected chi connectivity index (χ3v) is 5.30. The first kappa shape index (κ1) is 24.5. The van der Waals surface area contributed by atoms with E-state index in [1.54, 1.807) is 43.5 Å². The number of hydrogen-bond acceptors (Lipinski definition) is 6. The van der Waals surface area contributed by atoms with Crippen LogP contribution in [0, 0.1) is 0 Å². The van der Waals surface area contributed by atoms with Crippen molar-refractivity contribution in [1.29, 1.82) is 0 Å². The molecular weight excluding hydrogens is 488 g/mol. The quantitative estimate of drug-likeness (QED) is 0.192. The van der Waals surface area contributed by atoms with Crippen LogP contribution in [0.2, 0.25) is 0 Å². The highest BCUT2D eigenvalue weighted by Gasteiger charge is 2.14. The summed E-state index contributed by atoms with van der Waals surface area (Å²) in [5.74, 6) is -0.148. The molecule has 0 aromatic heterocycles. The molecular formula is C26H25BrO6. The molecule has 6 nitrogen and oxygen atoms in total. The van der Waals surface area contributed by atoms with Crippen molar-refractivity contribution in [2.75, 3.05) is 26.9 Å². The molecule has 7 heteroatoms. The number of methoxy groups -OCH3 is 1. The van der Waals surface area contributed by atoms with Crippen LogP contribution in [-0.4, -0.2) is 38.9 Å². The first-order valence-corrected chi connectivity index (χ1v) is 11.3. The molecule has 3 aromatic rings. The van der Waals surface area contributed by atoms with E-state index in [-0.39, 0.29) is 5.75 Å². The third-order valence-electron chi connectivity index (χ3n) is 4.68. The van der Waals surface area contributed by atoms with Gasteiger partial charge in [0, 0.05) is 7.11 Å². The monoisotopic (exact) mass is 512 g/mol. The van der Waals surface area contributed by atoms with Gasteiger partial charge in [-0.2, -0.15) is 0 Å². The van der Waals surface area contributed by atoms with Crippen molar-refractivity contribution in [2.45, 2.75) is 12.8 Å². The Kier molecular flexibility index (Phi) is 9.47. The summed E-state index contributed by atoms with van der Waals surface area (Å²) in [4.78, 5) is 24.9. The minimum atomic E-state index is -0.549. The minimum absolute atomic E-state index is 0.260. The summed E-state index contributed by atoms with van der Waals surface area (Å²) >= 11 is 3.39. The lowest BCUT2D eigenvalue weighted by atomic mass is 10.1. The zero-order valence-corrected chi connectivity index (χ0v) is 19.9. The van der Waals surface area contributed by atoms with E-state index in [1.807, 2.05) is 30.3 Å². The molecule has 33 heavy (non-hydrogen) atoms. The van der Waals surface area contributed by atoms with Gasteiger partial charge in [-0.1, -0.05) is 36.4 Å². The topological polar surface area (TPSA) is 71.1 Å². The van der Waals surface area contributed by atoms with Gasteiger partial charge in [0.25, 0.3) is 0 Å². The number of rotatable bonds is 11. The normalized spacial score (nSPS) is 10.5. The largest absolute Gasteiger partial charge is 0.490 e. The first-order chi connectivity index (χ1) is 16.1. The molecule has 0 atom stereocenters. The Labute approximate surface area is 201 Å². The fraction of sp³-hybridized carbons (Fsp3) is 0.231. The van der Waals surface area contributed by atoms with Gasteiger partial charge in [-0.3, -0.25) is 0 Å². The van der Waals surface area contributed by atoms with E-state index in [2.05, 4.69) is 15.9 Å². The fourth-order valence-corrected chi connectivity index (χ4v) is 3.49. The van der Waals surface area contributed by atoms with Crippen LogP contribution < -0.4 is 9.47 Å². The van der Waals surface area contributed by atoms with E-state index in [1.165, 1.54) is 11.6 Å². The first-order valence-electron chi connectivity index (χ1n) is 10.5. The second-order valence-corrected chi connectivity index (χ2v) is 7.98. The van der Waals surface area contributed by atoms with Crippen molar-refractivity contribution >= 4 is 27.9 Å². The Hall–Kier alpha value is -3.16. The van der Waals surface area contributed by atoms with Crippen LogP contribution in [0.15, 0.2) is 77.3 Å². The Balaban J connectivity index is 1.53. The number of aryl methyl sites for hydroxylation is 1. The summed E-state index contributed by atoms with van der Waals surface area (Å²) in [6.07, 6.45) is 1.56. The van der Waals surface area contributed by atoms with E-state index >= 15 is 0 Å². The highest BCUT2D eigenvalue weighted by molar-refractivity contribution is 9.10. The van der Waals surface area contributed by atoms with Gasteiger partial charge in [-0.25, -0.2) is 9.59 Å². The Morgan fingerprint density at radius 2 is 1.61 bits per heavy atom. The van der Waals surface area contributed by atoms with E-state index < -0.39 is 11.9 Å². The van der Waals surface area contributed by atoms with Crippen molar-refractivity contribution in [3.8, 4) is 11.5 Å². The number of ether oxygens (including phenoxy) is 4. The Morgan fingerprint density at radius 3 is 2.36 bits per heavy atom. The molecule has 0 aliphatic rings. The summed E-state index contributed by atoms with van der Waals surface area (Å²) in [7, 11) is 1.60. The maximum absolute atomic E-state index is 12.5. The van der Waals surface area contributed by atoms with Crippen molar-refractivity contribution in [3.05, 3.63) is 94.0 Å². The van der Waals surface area contributed by atoms with Crippen molar-refractivity contribution in [2.24, 2.45) is 0 Å². The molecule has 172 valence electrons. The molecule has 3 aromatic carbocycles. The summed E-state index contributed by atoms with van der Waals surface area (Å²) in [6.45, 7) is 1.17. The molecule has 0 unspecified atom stereocenters. The molecule has 0 aliphatic carbocycles. The van der Waals surface area contributed by atoms with Gasteiger partial charge in [-0.05, 0) is 70.7 Å². The maximum atomic E-state index is 12.5. The molecule has 0 heterocycles. The average molecular weight is 513 g/mol. The Morgan fingerprint density at radius 1 is 0.818 bits per heavy atom. The zero-order chi connectivity index (χ0) is 23.5. The zero-order valence-electron chi connectivity index (χ0n) is 18.3. The Bertz CT molecular complexity index is 1070. The number of halogens is 1. The van der Waals surface area contributed by atoms with Crippen LogP contribution in [0.25, 0.3) is 0 Å². The van der Waals surface area contributed by atoms with Crippen molar-refractivity contribution in [3.63, 3.8) is 0 Å². The van der Waals surface area contributed by atoms with Crippen LogP contribution in [-0.2, 0) is 15.9 Å². The summed E-state index contributed by atoms with van der Waals surface area (Å²) in [5, 5.41) is 0. The fourth-order valence-electron chi connectivity index (χ4n) is 3.00. The predicted molar refractivity (Wildman–Crippen MR) is 128 cm³/mol. The second kappa shape index (κ2) is 12.8. The maximum Gasteiger partial charge on any atom is 0.343 e. The van der Waals surface area contributed by atoms with E-state index in [0.29, 0.717) is 41.2 Å². The lowest BCUT2D eigenvalue weighted by Gasteiger charge is -2.10. The molecule has 0 radical (unpaired) electrons. The van der Waals surface area contributed by atoms with Gasteiger partial charge in [0.05, 0.1) is 28.8 Å². The lowest BCUT2D eigenvalue weighted by Crippen LogP contribution is -2.11. The highest BCUT2D eigenvalue weighted by Crippen LogP contribution is 2.27. The van der Waals surface area contributed by atoms with Gasteiger partial charge in [0.1, 0.15) is 18.1 Å². The average Bonchev–Trinajstić information content (AvgIpc) is 2.83. The molecule has 0 saturated carbocycles. The van der Waals surface area contributed by atoms with Gasteiger partial charge < -0.3 is 18.9 Å². The van der Waals surface area contributed by atoms with Crippen LogP contribution in [0.4, 0.5) is 0 Å². The molecule has 0 saturated heterocycles. The van der Waals surface area contributed by atoms with Crippen LogP contribution >= 0.6 is 15.9 Å². The van der Waals surface area contributed by atoms with Gasteiger partial charge in [0.15, 0.2) is 0 Å². The van der Waals surface area contributed by atoms with Gasteiger partial charge in [0.2, 0.25) is 0 Å². The second-order valence-electron chi connectivity index (χ2n) is 7.13. The van der Waals surface area contributed by atoms with E-state index in [0.717, 1.165) is 12.8 Å². The van der Waals surface area contributed by atoms with Crippen LogP contribution in [0.3, 0.4) is 0 Å². The molecule has 0 bridgehead atoms. The minimum Gasteiger partial charge on any atom is -0.490 e. The van der Waals surface area contributed by atoms with Gasteiger partial charge >= 0.3 is 11.9 Å². The number of carbonyl (C=O) groups excluding carboxylic acids is 2. The van der Waals surface area contributed by atoms with Crippen LogP contribution in [0.5, 0.6) is 11.5 Å². The van der Waals surface area contributed by atoms with Crippen molar-refractivity contribution in [1.82, 2.24) is 0 Å². The van der Waals surface area contributed by atoms with Gasteiger partial charge in [-0.15, -0.1) is 0 Å². The lowest BCUT2D eigenvalue weighted by molar-refractivity contribution is 0.0498. The number of esters is 2. The van der Waals surface area contributed by atoms with E-state index in [9.17, 15) is 9.59 Å². The highest BCUT2D eigenvalue weighted by atomic mass is 79.9.